The van der Waals surface area contributed by atoms with Crippen LogP contribution in [0.2, 0.25) is 0 Å². The van der Waals surface area contributed by atoms with E-state index in [1.54, 1.807) is 12.4 Å². The molecule has 0 bridgehead atoms. The van der Waals surface area contributed by atoms with Gasteiger partial charge in [0.25, 0.3) is 0 Å². The first-order valence-corrected chi connectivity index (χ1v) is 8.11. The number of pyridine rings is 1. The minimum absolute atomic E-state index is 0.641. The summed E-state index contributed by atoms with van der Waals surface area (Å²) in [5.41, 5.74) is 2.23. The van der Waals surface area contributed by atoms with Gasteiger partial charge in [-0.1, -0.05) is 36.4 Å². The van der Waals surface area contributed by atoms with Gasteiger partial charge in [0.1, 0.15) is 5.82 Å². The normalized spacial score (nSPS) is 10.4. The molecule has 1 aromatic carbocycles. The van der Waals surface area contributed by atoms with Gasteiger partial charge in [-0.05, 0) is 30.7 Å². The molecule has 0 aliphatic rings. The van der Waals surface area contributed by atoms with Crippen LogP contribution in [0.4, 0.5) is 11.8 Å². The molecule has 122 valence electrons. The molecule has 0 saturated carbocycles. The Morgan fingerprint density at radius 3 is 2.50 bits per heavy atom. The molecule has 0 aliphatic carbocycles. The Balaban J connectivity index is 1.69. The van der Waals surface area contributed by atoms with E-state index in [0.29, 0.717) is 6.54 Å². The second-order valence-corrected chi connectivity index (χ2v) is 5.42. The molecule has 2 heterocycles. The van der Waals surface area contributed by atoms with Gasteiger partial charge < -0.3 is 10.2 Å². The van der Waals surface area contributed by atoms with Crippen molar-refractivity contribution >= 4 is 11.8 Å². The van der Waals surface area contributed by atoms with Gasteiger partial charge in [-0.3, -0.25) is 4.98 Å². The van der Waals surface area contributed by atoms with Crippen molar-refractivity contribution in [3.05, 3.63) is 78.2 Å². The Bertz CT molecular complexity index is 746. The predicted octanol–water partition coefficient (Wildman–Crippen LogP) is 3.51. The quantitative estimate of drug-likeness (QED) is 0.722. The van der Waals surface area contributed by atoms with E-state index in [4.69, 9.17) is 0 Å². The molecule has 5 nitrogen and oxygen atoms in total. The number of aromatic nitrogens is 3. The zero-order valence-corrected chi connectivity index (χ0v) is 13.8. The summed E-state index contributed by atoms with van der Waals surface area (Å²) in [4.78, 5) is 15.5. The van der Waals surface area contributed by atoms with Gasteiger partial charge in [0, 0.05) is 25.5 Å². The second-order valence-electron chi connectivity index (χ2n) is 5.42. The Hall–Kier alpha value is -2.95. The fourth-order valence-electron chi connectivity index (χ4n) is 2.41. The SMILES string of the molecule is CCN(Cc1ccccc1)c1nccc(NCc2ccccn2)n1. The molecule has 3 rings (SSSR count). The van der Waals surface area contributed by atoms with Gasteiger partial charge in [0.15, 0.2) is 0 Å². The molecule has 0 saturated heterocycles. The van der Waals surface area contributed by atoms with Gasteiger partial charge in [-0.2, -0.15) is 4.98 Å². The van der Waals surface area contributed by atoms with Crippen molar-refractivity contribution < 1.29 is 0 Å². The van der Waals surface area contributed by atoms with Crippen molar-refractivity contribution in [2.24, 2.45) is 0 Å². The molecule has 3 aromatic rings. The maximum absolute atomic E-state index is 4.63. The van der Waals surface area contributed by atoms with Crippen molar-refractivity contribution in [3.8, 4) is 0 Å². The zero-order chi connectivity index (χ0) is 16.6. The fourth-order valence-corrected chi connectivity index (χ4v) is 2.41. The number of benzene rings is 1. The molecule has 0 atom stereocenters. The summed E-state index contributed by atoms with van der Waals surface area (Å²) < 4.78 is 0. The number of hydrogen-bond acceptors (Lipinski definition) is 5. The van der Waals surface area contributed by atoms with E-state index in [0.717, 1.165) is 30.5 Å². The highest BCUT2D eigenvalue weighted by atomic mass is 15.3. The predicted molar refractivity (Wildman–Crippen MR) is 96.8 cm³/mol. The largest absolute Gasteiger partial charge is 0.364 e. The van der Waals surface area contributed by atoms with E-state index in [1.165, 1.54) is 5.56 Å². The van der Waals surface area contributed by atoms with Crippen LogP contribution in [0.5, 0.6) is 0 Å². The van der Waals surface area contributed by atoms with Crippen molar-refractivity contribution in [1.82, 2.24) is 15.0 Å². The lowest BCUT2D eigenvalue weighted by Crippen LogP contribution is -2.24. The topological polar surface area (TPSA) is 53.9 Å². The summed E-state index contributed by atoms with van der Waals surface area (Å²) in [5.74, 6) is 1.53. The van der Waals surface area contributed by atoms with Crippen molar-refractivity contribution in [1.29, 1.82) is 0 Å². The zero-order valence-electron chi connectivity index (χ0n) is 13.8. The van der Waals surface area contributed by atoms with E-state index in [1.807, 2.05) is 30.3 Å². The molecule has 0 radical (unpaired) electrons. The number of nitrogens with zero attached hydrogens (tertiary/aromatic N) is 4. The lowest BCUT2D eigenvalue weighted by molar-refractivity contribution is 0.791. The van der Waals surface area contributed by atoms with Gasteiger partial charge in [0.05, 0.1) is 12.2 Å². The average Bonchev–Trinajstić information content (AvgIpc) is 2.66. The molecule has 0 amide bonds. The first-order chi connectivity index (χ1) is 11.8. The Kier molecular flexibility index (Phi) is 5.35. The summed E-state index contributed by atoms with van der Waals surface area (Å²) in [7, 11) is 0. The van der Waals surface area contributed by atoms with E-state index in [9.17, 15) is 0 Å². The molecule has 0 spiro atoms. The summed E-state index contributed by atoms with van der Waals surface area (Å²) in [5, 5.41) is 3.30. The van der Waals surface area contributed by atoms with Crippen LogP contribution in [-0.4, -0.2) is 21.5 Å². The highest BCUT2D eigenvalue weighted by Gasteiger charge is 2.09. The number of anilines is 2. The lowest BCUT2D eigenvalue weighted by Gasteiger charge is -2.21. The molecule has 24 heavy (non-hydrogen) atoms. The van der Waals surface area contributed by atoms with Gasteiger partial charge in [-0.25, -0.2) is 4.98 Å². The van der Waals surface area contributed by atoms with Crippen LogP contribution in [-0.2, 0) is 13.1 Å². The minimum Gasteiger partial charge on any atom is -0.364 e. The number of hydrogen-bond donors (Lipinski definition) is 1. The molecular weight excluding hydrogens is 298 g/mol. The third-order valence-corrected chi connectivity index (χ3v) is 3.70. The van der Waals surface area contributed by atoms with Crippen LogP contribution in [0, 0.1) is 0 Å². The summed E-state index contributed by atoms with van der Waals surface area (Å²) in [6.07, 6.45) is 3.58. The molecule has 5 heteroatoms. The molecule has 0 unspecified atom stereocenters. The third-order valence-electron chi connectivity index (χ3n) is 3.70. The van der Waals surface area contributed by atoms with Crippen LogP contribution >= 0.6 is 0 Å². The highest BCUT2D eigenvalue weighted by Crippen LogP contribution is 2.14. The van der Waals surface area contributed by atoms with Crippen LogP contribution in [0.1, 0.15) is 18.2 Å². The molecule has 1 N–H and O–H groups in total. The minimum atomic E-state index is 0.641. The smallest absolute Gasteiger partial charge is 0.227 e. The van der Waals surface area contributed by atoms with Gasteiger partial charge >= 0.3 is 0 Å². The number of nitrogens with one attached hydrogen (secondary N) is 1. The fraction of sp³-hybridized carbons (Fsp3) is 0.211. The maximum atomic E-state index is 4.63. The third kappa shape index (κ3) is 4.29. The lowest BCUT2D eigenvalue weighted by atomic mass is 10.2. The highest BCUT2D eigenvalue weighted by molar-refractivity contribution is 5.42. The van der Waals surface area contributed by atoms with E-state index < -0.39 is 0 Å². The summed E-state index contributed by atoms with van der Waals surface area (Å²) in [6, 6.07) is 18.1. The Morgan fingerprint density at radius 1 is 0.917 bits per heavy atom. The molecule has 2 aromatic heterocycles. The van der Waals surface area contributed by atoms with E-state index in [2.05, 4.69) is 56.4 Å². The van der Waals surface area contributed by atoms with Gasteiger partial charge in [0.2, 0.25) is 5.95 Å². The van der Waals surface area contributed by atoms with Crippen molar-refractivity contribution in [2.45, 2.75) is 20.0 Å². The first-order valence-electron chi connectivity index (χ1n) is 8.11. The van der Waals surface area contributed by atoms with Crippen LogP contribution < -0.4 is 10.2 Å². The monoisotopic (exact) mass is 319 g/mol. The van der Waals surface area contributed by atoms with Crippen LogP contribution in [0.15, 0.2) is 67.0 Å². The molecule has 0 aliphatic heterocycles. The average molecular weight is 319 g/mol. The van der Waals surface area contributed by atoms with Crippen LogP contribution in [0.25, 0.3) is 0 Å². The Morgan fingerprint density at radius 2 is 1.75 bits per heavy atom. The molecular formula is C19H21N5. The maximum Gasteiger partial charge on any atom is 0.227 e. The summed E-state index contributed by atoms with van der Waals surface area (Å²) >= 11 is 0. The van der Waals surface area contributed by atoms with Crippen LogP contribution in [0.3, 0.4) is 0 Å². The van der Waals surface area contributed by atoms with E-state index in [-0.39, 0.29) is 0 Å². The summed E-state index contributed by atoms with van der Waals surface area (Å²) in [6.45, 7) is 4.39. The standard InChI is InChI=1S/C19H21N5/c1-2-24(15-16-8-4-3-5-9-16)19-21-13-11-18(23-19)22-14-17-10-6-7-12-20-17/h3-13H,2,14-15H2,1H3,(H,21,22,23). The van der Waals surface area contributed by atoms with Crippen molar-refractivity contribution in [2.75, 3.05) is 16.8 Å². The van der Waals surface area contributed by atoms with Crippen molar-refractivity contribution in [3.63, 3.8) is 0 Å². The second kappa shape index (κ2) is 8.06. The number of rotatable bonds is 7. The first kappa shape index (κ1) is 15.9. The Labute approximate surface area is 142 Å². The van der Waals surface area contributed by atoms with E-state index >= 15 is 0 Å². The molecule has 0 fully saturated rings. The van der Waals surface area contributed by atoms with Gasteiger partial charge in [-0.15, -0.1) is 0 Å².